The van der Waals surface area contributed by atoms with Crippen LogP contribution >= 0.6 is 35.3 Å². The zero-order chi connectivity index (χ0) is 15.5. The van der Waals surface area contributed by atoms with Crippen molar-refractivity contribution in [3.63, 3.8) is 0 Å². The monoisotopic (exact) mass is 436 g/mol. The van der Waals surface area contributed by atoms with Crippen molar-refractivity contribution in [2.24, 2.45) is 4.99 Å². The van der Waals surface area contributed by atoms with E-state index in [4.69, 9.17) is 0 Å². The summed E-state index contributed by atoms with van der Waals surface area (Å²) in [5.74, 6) is 0.967. The SMILES string of the molecule is C=CCCCCCN(C)C(=NCc1ncc(C)s1)NCC.I. The Balaban J connectivity index is 0.00000441. The Morgan fingerprint density at radius 3 is 2.82 bits per heavy atom. The van der Waals surface area contributed by atoms with Gasteiger partial charge in [0.1, 0.15) is 5.01 Å². The molecule has 1 aromatic rings. The number of nitrogens with one attached hydrogen (secondary N) is 1. The lowest BCUT2D eigenvalue weighted by atomic mass is 10.2. The average molecular weight is 436 g/mol. The van der Waals surface area contributed by atoms with Crippen molar-refractivity contribution in [2.75, 3.05) is 20.1 Å². The molecule has 1 heterocycles. The lowest BCUT2D eigenvalue weighted by Crippen LogP contribution is -2.39. The molecule has 0 aliphatic carbocycles. The molecule has 1 N–H and O–H groups in total. The molecule has 1 aromatic heterocycles. The van der Waals surface area contributed by atoms with Crippen LogP contribution in [-0.2, 0) is 6.54 Å². The van der Waals surface area contributed by atoms with Crippen molar-refractivity contribution in [3.8, 4) is 0 Å². The second-order valence-corrected chi connectivity index (χ2v) is 6.41. The van der Waals surface area contributed by atoms with Gasteiger partial charge in [0, 0.05) is 31.2 Å². The van der Waals surface area contributed by atoms with Crippen LogP contribution in [0.1, 0.15) is 42.5 Å². The van der Waals surface area contributed by atoms with E-state index in [1.165, 1.54) is 24.1 Å². The Hall–Kier alpha value is -0.630. The first-order valence-electron chi connectivity index (χ1n) is 7.69. The molecule has 22 heavy (non-hydrogen) atoms. The van der Waals surface area contributed by atoms with E-state index in [1.807, 2.05) is 12.3 Å². The minimum Gasteiger partial charge on any atom is -0.357 e. The number of unbranched alkanes of at least 4 members (excludes halogenated alkanes) is 3. The van der Waals surface area contributed by atoms with Crippen LogP contribution in [0.2, 0.25) is 0 Å². The van der Waals surface area contributed by atoms with E-state index in [0.717, 1.165) is 30.5 Å². The van der Waals surface area contributed by atoms with Crippen LogP contribution in [0.3, 0.4) is 0 Å². The van der Waals surface area contributed by atoms with Crippen LogP contribution in [0, 0.1) is 6.92 Å². The lowest BCUT2D eigenvalue weighted by Gasteiger charge is -2.21. The minimum atomic E-state index is 0. The number of halogens is 1. The summed E-state index contributed by atoms with van der Waals surface area (Å²) >= 11 is 1.71. The number of allylic oxidation sites excluding steroid dienone is 1. The number of rotatable bonds is 9. The summed E-state index contributed by atoms with van der Waals surface area (Å²) in [4.78, 5) is 12.5. The van der Waals surface area contributed by atoms with Crippen molar-refractivity contribution in [1.82, 2.24) is 15.2 Å². The summed E-state index contributed by atoms with van der Waals surface area (Å²) in [6.07, 6.45) is 8.66. The number of aliphatic imine (C=N–C) groups is 1. The molecular weight excluding hydrogens is 407 g/mol. The molecule has 0 saturated heterocycles. The Morgan fingerprint density at radius 2 is 2.23 bits per heavy atom. The van der Waals surface area contributed by atoms with Gasteiger partial charge in [0.25, 0.3) is 0 Å². The maximum atomic E-state index is 4.68. The van der Waals surface area contributed by atoms with Gasteiger partial charge in [-0.25, -0.2) is 9.98 Å². The molecule has 0 fully saturated rings. The highest BCUT2D eigenvalue weighted by Gasteiger charge is 2.06. The smallest absolute Gasteiger partial charge is 0.194 e. The number of aryl methyl sites for hydroxylation is 1. The number of hydrogen-bond donors (Lipinski definition) is 1. The number of guanidine groups is 1. The van der Waals surface area contributed by atoms with Crippen molar-refractivity contribution in [2.45, 2.75) is 46.1 Å². The van der Waals surface area contributed by atoms with E-state index >= 15 is 0 Å². The van der Waals surface area contributed by atoms with Crippen molar-refractivity contribution in [3.05, 3.63) is 28.7 Å². The van der Waals surface area contributed by atoms with Crippen LogP contribution in [0.5, 0.6) is 0 Å². The molecule has 0 aliphatic rings. The Labute approximate surface area is 156 Å². The predicted octanol–water partition coefficient (Wildman–Crippen LogP) is 4.21. The fourth-order valence-electron chi connectivity index (χ4n) is 2.01. The third kappa shape index (κ3) is 8.73. The summed E-state index contributed by atoms with van der Waals surface area (Å²) in [5, 5.41) is 4.42. The molecule has 0 saturated carbocycles. The first-order chi connectivity index (χ1) is 10.2. The van der Waals surface area contributed by atoms with Gasteiger partial charge in [-0.05, 0) is 33.1 Å². The van der Waals surface area contributed by atoms with Crippen LogP contribution < -0.4 is 5.32 Å². The molecule has 1 rings (SSSR count). The molecular formula is C16H29IN4S. The van der Waals surface area contributed by atoms with E-state index in [9.17, 15) is 0 Å². The van der Waals surface area contributed by atoms with Gasteiger partial charge in [-0.2, -0.15) is 0 Å². The number of aromatic nitrogens is 1. The summed E-state index contributed by atoms with van der Waals surface area (Å²) < 4.78 is 0. The van der Waals surface area contributed by atoms with E-state index in [0.29, 0.717) is 6.54 Å². The summed E-state index contributed by atoms with van der Waals surface area (Å²) in [6.45, 7) is 10.5. The highest BCUT2D eigenvalue weighted by atomic mass is 127. The molecule has 0 bridgehead atoms. The number of hydrogen-bond acceptors (Lipinski definition) is 3. The quantitative estimate of drug-likeness (QED) is 0.207. The Bertz CT molecular complexity index is 445. The highest BCUT2D eigenvalue weighted by molar-refractivity contribution is 14.0. The second-order valence-electron chi connectivity index (χ2n) is 5.09. The minimum absolute atomic E-state index is 0. The van der Waals surface area contributed by atoms with Crippen molar-refractivity contribution >= 4 is 41.3 Å². The van der Waals surface area contributed by atoms with Crippen LogP contribution in [0.4, 0.5) is 0 Å². The third-order valence-corrected chi connectivity index (χ3v) is 4.03. The van der Waals surface area contributed by atoms with Gasteiger partial charge in [-0.1, -0.05) is 12.5 Å². The highest BCUT2D eigenvalue weighted by Crippen LogP contribution is 2.12. The van der Waals surface area contributed by atoms with Gasteiger partial charge < -0.3 is 10.2 Å². The molecule has 0 aliphatic heterocycles. The predicted molar refractivity (Wildman–Crippen MR) is 108 cm³/mol. The number of nitrogens with zero attached hydrogens (tertiary/aromatic N) is 3. The largest absolute Gasteiger partial charge is 0.357 e. The maximum absolute atomic E-state index is 4.68. The molecule has 0 amide bonds. The zero-order valence-electron chi connectivity index (χ0n) is 14.0. The molecule has 0 radical (unpaired) electrons. The molecule has 126 valence electrons. The van der Waals surface area contributed by atoms with Crippen LogP contribution in [0.15, 0.2) is 23.8 Å². The first-order valence-corrected chi connectivity index (χ1v) is 8.50. The van der Waals surface area contributed by atoms with Gasteiger partial charge in [-0.15, -0.1) is 41.9 Å². The summed E-state index contributed by atoms with van der Waals surface area (Å²) in [5.41, 5.74) is 0. The van der Waals surface area contributed by atoms with Crippen LogP contribution in [0.25, 0.3) is 0 Å². The van der Waals surface area contributed by atoms with Crippen molar-refractivity contribution in [1.29, 1.82) is 0 Å². The standard InChI is InChI=1S/C16H28N4S.HI/c1-5-7-8-9-10-11-20(4)16(17-6-2)19-13-15-18-12-14(3)21-15;/h5,12H,1,6-11,13H2,2-4H3,(H,17,19);1H. The van der Waals surface area contributed by atoms with Gasteiger partial charge in [0.05, 0.1) is 6.54 Å². The zero-order valence-corrected chi connectivity index (χ0v) is 17.1. The maximum Gasteiger partial charge on any atom is 0.194 e. The molecule has 4 nitrogen and oxygen atoms in total. The Morgan fingerprint density at radius 1 is 1.45 bits per heavy atom. The third-order valence-electron chi connectivity index (χ3n) is 3.13. The molecule has 0 unspecified atom stereocenters. The Kier molecular flexibility index (Phi) is 12.5. The van der Waals surface area contributed by atoms with Gasteiger partial charge in [0.15, 0.2) is 5.96 Å². The second kappa shape index (κ2) is 12.9. The van der Waals surface area contributed by atoms with E-state index < -0.39 is 0 Å². The van der Waals surface area contributed by atoms with Crippen molar-refractivity contribution < 1.29 is 0 Å². The first kappa shape index (κ1) is 21.4. The molecule has 6 heteroatoms. The topological polar surface area (TPSA) is 40.5 Å². The fraction of sp³-hybridized carbons (Fsp3) is 0.625. The molecule has 0 spiro atoms. The van der Waals surface area contributed by atoms with E-state index in [2.05, 4.69) is 47.7 Å². The molecule has 0 aromatic carbocycles. The summed E-state index contributed by atoms with van der Waals surface area (Å²) in [7, 11) is 2.10. The lowest BCUT2D eigenvalue weighted by molar-refractivity contribution is 0.455. The fourth-order valence-corrected chi connectivity index (χ4v) is 2.72. The van der Waals surface area contributed by atoms with Gasteiger partial charge in [0.2, 0.25) is 0 Å². The number of thiazole rings is 1. The van der Waals surface area contributed by atoms with E-state index in [-0.39, 0.29) is 24.0 Å². The van der Waals surface area contributed by atoms with Gasteiger partial charge >= 0.3 is 0 Å². The van der Waals surface area contributed by atoms with Gasteiger partial charge in [-0.3, -0.25) is 0 Å². The molecule has 0 atom stereocenters. The summed E-state index contributed by atoms with van der Waals surface area (Å²) in [6, 6.07) is 0. The average Bonchev–Trinajstić information content (AvgIpc) is 2.88. The normalized spacial score (nSPS) is 11.0. The van der Waals surface area contributed by atoms with E-state index in [1.54, 1.807) is 11.3 Å². The van der Waals surface area contributed by atoms with Crippen LogP contribution in [-0.4, -0.2) is 36.0 Å².